The molecule has 0 saturated heterocycles. The predicted octanol–water partition coefficient (Wildman–Crippen LogP) is 2.13. The molecule has 0 spiro atoms. The standard InChI is InChI=1S/C14H18N2O4S2/c1-10-15-8-14(21-10)22(17,18)16-13(9-19-2)11-5-4-6-12(7-11)20-3/h4-8,13,16H,9H2,1-3H3. The van der Waals surface area contributed by atoms with Crippen LogP contribution in [0.5, 0.6) is 5.75 Å². The van der Waals surface area contributed by atoms with Gasteiger partial charge in [0.15, 0.2) is 4.21 Å². The van der Waals surface area contributed by atoms with Gasteiger partial charge in [0.25, 0.3) is 10.0 Å². The highest BCUT2D eigenvalue weighted by Crippen LogP contribution is 2.24. The van der Waals surface area contributed by atoms with E-state index in [4.69, 9.17) is 9.47 Å². The molecule has 2 aromatic rings. The number of hydrogen-bond acceptors (Lipinski definition) is 6. The number of aromatic nitrogens is 1. The number of methoxy groups -OCH3 is 2. The summed E-state index contributed by atoms with van der Waals surface area (Å²) >= 11 is 1.13. The number of sulfonamides is 1. The molecule has 0 aliphatic heterocycles. The lowest BCUT2D eigenvalue weighted by molar-refractivity contribution is 0.175. The van der Waals surface area contributed by atoms with Crippen LogP contribution in [-0.4, -0.2) is 34.2 Å². The fourth-order valence-corrected chi connectivity index (χ4v) is 4.27. The van der Waals surface area contributed by atoms with Gasteiger partial charge in [0, 0.05) is 7.11 Å². The van der Waals surface area contributed by atoms with Gasteiger partial charge in [0.05, 0.1) is 31.0 Å². The minimum Gasteiger partial charge on any atom is -0.497 e. The van der Waals surface area contributed by atoms with E-state index in [1.165, 1.54) is 13.3 Å². The van der Waals surface area contributed by atoms with E-state index >= 15 is 0 Å². The van der Waals surface area contributed by atoms with Gasteiger partial charge in [-0.2, -0.15) is 0 Å². The number of thiazole rings is 1. The Kier molecular flexibility index (Phi) is 5.52. The molecule has 2 rings (SSSR count). The number of ether oxygens (including phenoxy) is 2. The average molecular weight is 342 g/mol. The van der Waals surface area contributed by atoms with Crippen LogP contribution in [0.3, 0.4) is 0 Å². The zero-order chi connectivity index (χ0) is 16.2. The fourth-order valence-electron chi connectivity index (χ4n) is 1.93. The maximum absolute atomic E-state index is 12.4. The van der Waals surface area contributed by atoms with Crippen molar-refractivity contribution < 1.29 is 17.9 Å². The molecule has 1 atom stereocenters. The average Bonchev–Trinajstić information content (AvgIpc) is 2.94. The Labute approximate surface area is 134 Å². The Morgan fingerprint density at radius 2 is 2.14 bits per heavy atom. The molecule has 6 nitrogen and oxygen atoms in total. The van der Waals surface area contributed by atoms with Crippen molar-refractivity contribution in [1.82, 2.24) is 9.71 Å². The maximum Gasteiger partial charge on any atom is 0.252 e. The number of hydrogen-bond donors (Lipinski definition) is 1. The SMILES string of the molecule is COCC(NS(=O)(=O)c1cnc(C)s1)c1cccc(OC)c1. The third-order valence-corrected chi connectivity index (χ3v) is 5.84. The molecule has 1 unspecified atom stereocenters. The highest BCUT2D eigenvalue weighted by molar-refractivity contribution is 7.91. The Morgan fingerprint density at radius 1 is 1.36 bits per heavy atom. The summed E-state index contributed by atoms with van der Waals surface area (Å²) in [5.74, 6) is 0.659. The van der Waals surface area contributed by atoms with Crippen molar-refractivity contribution >= 4 is 21.4 Å². The minimum absolute atomic E-state index is 0.189. The van der Waals surface area contributed by atoms with E-state index in [0.717, 1.165) is 16.9 Å². The maximum atomic E-state index is 12.4. The first kappa shape index (κ1) is 16.9. The van der Waals surface area contributed by atoms with Crippen molar-refractivity contribution in [2.45, 2.75) is 17.2 Å². The summed E-state index contributed by atoms with van der Waals surface area (Å²) in [6, 6.07) is 6.71. The van der Waals surface area contributed by atoms with Crippen LogP contribution < -0.4 is 9.46 Å². The number of nitrogens with zero attached hydrogens (tertiary/aromatic N) is 1. The summed E-state index contributed by atoms with van der Waals surface area (Å²) in [7, 11) is -0.553. The van der Waals surface area contributed by atoms with Crippen molar-refractivity contribution in [3.05, 3.63) is 41.0 Å². The van der Waals surface area contributed by atoms with Crippen molar-refractivity contribution in [1.29, 1.82) is 0 Å². The molecule has 8 heteroatoms. The minimum atomic E-state index is -3.64. The predicted molar refractivity (Wildman–Crippen MR) is 84.8 cm³/mol. The Hall–Kier alpha value is -1.48. The molecule has 0 radical (unpaired) electrons. The fraction of sp³-hybridized carbons (Fsp3) is 0.357. The normalized spacial score (nSPS) is 13.0. The van der Waals surface area contributed by atoms with Gasteiger partial charge in [-0.25, -0.2) is 18.1 Å². The first-order valence-corrected chi connectivity index (χ1v) is 8.84. The van der Waals surface area contributed by atoms with Crippen molar-refractivity contribution in [3.8, 4) is 5.75 Å². The quantitative estimate of drug-likeness (QED) is 0.834. The third-order valence-electron chi connectivity index (χ3n) is 2.99. The van der Waals surface area contributed by atoms with Gasteiger partial charge >= 0.3 is 0 Å². The van der Waals surface area contributed by atoms with Gasteiger partial charge in [-0.05, 0) is 24.6 Å². The number of nitrogens with one attached hydrogen (secondary N) is 1. The Balaban J connectivity index is 2.28. The van der Waals surface area contributed by atoms with Crippen LogP contribution in [0.25, 0.3) is 0 Å². The first-order valence-electron chi connectivity index (χ1n) is 6.54. The molecule has 0 bridgehead atoms. The van der Waals surface area contributed by atoms with Gasteiger partial charge < -0.3 is 9.47 Å². The summed E-state index contributed by atoms with van der Waals surface area (Å²) in [5.41, 5.74) is 0.769. The third kappa shape index (κ3) is 4.04. The van der Waals surface area contributed by atoms with E-state index in [0.29, 0.717) is 10.8 Å². The monoisotopic (exact) mass is 342 g/mol. The van der Waals surface area contributed by atoms with Gasteiger partial charge in [-0.3, -0.25) is 0 Å². The zero-order valence-electron chi connectivity index (χ0n) is 12.6. The van der Waals surface area contributed by atoms with E-state index in [9.17, 15) is 8.42 Å². The highest BCUT2D eigenvalue weighted by Gasteiger charge is 2.23. The second kappa shape index (κ2) is 7.19. The van der Waals surface area contributed by atoms with Crippen molar-refractivity contribution in [2.75, 3.05) is 20.8 Å². The number of rotatable bonds is 7. The molecule has 0 fully saturated rings. The second-order valence-electron chi connectivity index (χ2n) is 4.60. The summed E-state index contributed by atoms with van der Waals surface area (Å²) in [5, 5.41) is 0.699. The second-order valence-corrected chi connectivity index (χ2v) is 7.78. The molecule has 0 amide bonds. The molecule has 1 aromatic heterocycles. The topological polar surface area (TPSA) is 77.5 Å². The smallest absolute Gasteiger partial charge is 0.252 e. The molecule has 0 saturated carbocycles. The molecule has 0 aliphatic rings. The van der Waals surface area contributed by atoms with Crippen LogP contribution >= 0.6 is 11.3 Å². The lowest BCUT2D eigenvalue weighted by Gasteiger charge is -2.18. The molecule has 22 heavy (non-hydrogen) atoms. The van der Waals surface area contributed by atoms with Crippen LogP contribution in [0.15, 0.2) is 34.7 Å². The summed E-state index contributed by atoms with van der Waals surface area (Å²) in [6.45, 7) is 1.97. The number of aryl methyl sites for hydroxylation is 1. The largest absolute Gasteiger partial charge is 0.497 e. The molecule has 1 N–H and O–H groups in total. The van der Waals surface area contributed by atoms with E-state index in [1.807, 2.05) is 12.1 Å². The van der Waals surface area contributed by atoms with Crippen LogP contribution in [0.1, 0.15) is 16.6 Å². The number of benzene rings is 1. The van der Waals surface area contributed by atoms with E-state index in [2.05, 4.69) is 9.71 Å². The zero-order valence-corrected chi connectivity index (χ0v) is 14.2. The first-order chi connectivity index (χ1) is 10.5. The lowest BCUT2D eigenvalue weighted by atomic mass is 10.1. The van der Waals surface area contributed by atoms with Gasteiger partial charge in [-0.1, -0.05) is 12.1 Å². The van der Waals surface area contributed by atoms with E-state index in [1.54, 1.807) is 26.2 Å². The van der Waals surface area contributed by atoms with Gasteiger partial charge in [-0.15, -0.1) is 11.3 Å². The highest BCUT2D eigenvalue weighted by atomic mass is 32.2. The lowest BCUT2D eigenvalue weighted by Crippen LogP contribution is -2.31. The van der Waals surface area contributed by atoms with Gasteiger partial charge in [0.2, 0.25) is 0 Å². The summed E-state index contributed by atoms with van der Waals surface area (Å²) in [6.07, 6.45) is 1.36. The molecule has 1 aromatic carbocycles. The van der Waals surface area contributed by atoms with Crippen LogP contribution in [0.2, 0.25) is 0 Å². The van der Waals surface area contributed by atoms with Gasteiger partial charge in [0.1, 0.15) is 5.75 Å². The Morgan fingerprint density at radius 3 is 2.73 bits per heavy atom. The summed E-state index contributed by atoms with van der Waals surface area (Å²) in [4.78, 5) is 3.98. The molecule has 120 valence electrons. The molecule has 0 aliphatic carbocycles. The molecule has 1 heterocycles. The van der Waals surface area contributed by atoms with E-state index in [-0.39, 0.29) is 10.8 Å². The van der Waals surface area contributed by atoms with E-state index < -0.39 is 16.1 Å². The molecular formula is C14H18N2O4S2. The molecular weight excluding hydrogens is 324 g/mol. The Bertz CT molecular complexity index is 728. The van der Waals surface area contributed by atoms with Crippen LogP contribution in [0.4, 0.5) is 0 Å². The van der Waals surface area contributed by atoms with Crippen LogP contribution in [0, 0.1) is 6.92 Å². The van der Waals surface area contributed by atoms with Crippen molar-refractivity contribution in [2.24, 2.45) is 0 Å². The van der Waals surface area contributed by atoms with Crippen LogP contribution in [-0.2, 0) is 14.8 Å². The van der Waals surface area contributed by atoms with Crippen molar-refractivity contribution in [3.63, 3.8) is 0 Å². The summed E-state index contributed by atoms with van der Waals surface area (Å²) < 4.78 is 38.0.